The number of esters is 1. The van der Waals surface area contributed by atoms with Crippen LogP contribution < -0.4 is 5.32 Å². The van der Waals surface area contributed by atoms with Gasteiger partial charge in [-0.25, -0.2) is 4.79 Å². The Balaban J connectivity index is 1.51. The van der Waals surface area contributed by atoms with Gasteiger partial charge in [0.05, 0.1) is 4.87 Å². The number of ether oxygens (including phenoxy) is 1. The second-order valence-corrected chi connectivity index (χ2v) is 10.1. The minimum Gasteiger partial charge on any atom is -0.454 e. The SMILES string of the molecule is CC(C)(C)c1ccc(C(=O)NC(=O)COC(=O)[C@@H]2CS[C@]3(C)CCC(=O)N23)cc1. The number of nitrogens with one attached hydrogen (secondary N) is 1. The second kappa shape index (κ2) is 7.82. The van der Waals surface area contributed by atoms with Gasteiger partial charge in [-0.1, -0.05) is 32.9 Å². The lowest BCUT2D eigenvalue weighted by Crippen LogP contribution is -2.47. The van der Waals surface area contributed by atoms with Crippen LogP contribution in [0.3, 0.4) is 0 Å². The lowest BCUT2D eigenvalue weighted by molar-refractivity contribution is -0.156. The zero-order valence-corrected chi connectivity index (χ0v) is 17.9. The van der Waals surface area contributed by atoms with Crippen molar-refractivity contribution in [2.24, 2.45) is 0 Å². The Kier molecular flexibility index (Phi) is 5.76. The van der Waals surface area contributed by atoms with Crippen molar-refractivity contribution >= 4 is 35.5 Å². The minimum atomic E-state index is -0.704. The molecule has 0 bridgehead atoms. The van der Waals surface area contributed by atoms with Crippen LogP contribution in [0, 0.1) is 0 Å². The smallest absolute Gasteiger partial charge is 0.330 e. The molecular weight excluding hydrogens is 392 g/mol. The summed E-state index contributed by atoms with van der Waals surface area (Å²) >= 11 is 1.55. The molecule has 7 nitrogen and oxygen atoms in total. The Morgan fingerprint density at radius 2 is 1.90 bits per heavy atom. The quantitative estimate of drug-likeness (QED) is 0.754. The first-order valence-corrected chi connectivity index (χ1v) is 10.6. The molecule has 2 aliphatic heterocycles. The van der Waals surface area contributed by atoms with E-state index in [0.29, 0.717) is 24.2 Å². The lowest BCUT2D eigenvalue weighted by atomic mass is 9.87. The molecular formula is C21H26N2O5S. The Morgan fingerprint density at radius 3 is 2.52 bits per heavy atom. The number of hydrogen-bond donors (Lipinski definition) is 1. The summed E-state index contributed by atoms with van der Waals surface area (Å²) < 4.78 is 5.08. The Morgan fingerprint density at radius 1 is 1.24 bits per heavy atom. The van der Waals surface area contributed by atoms with Crippen LogP contribution in [-0.4, -0.2) is 51.9 Å². The van der Waals surface area contributed by atoms with E-state index in [1.54, 1.807) is 28.8 Å². The van der Waals surface area contributed by atoms with E-state index in [2.05, 4.69) is 26.1 Å². The summed E-state index contributed by atoms with van der Waals surface area (Å²) in [6, 6.07) is 6.33. The molecule has 1 N–H and O–H groups in total. The van der Waals surface area contributed by atoms with E-state index < -0.39 is 30.4 Å². The van der Waals surface area contributed by atoms with Gasteiger partial charge in [-0.05, 0) is 36.5 Å². The summed E-state index contributed by atoms with van der Waals surface area (Å²) in [5, 5.41) is 2.22. The molecule has 0 aliphatic carbocycles. The molecule has 0 saturated carbocycles. The minimum absolute atomic E-state index is 0.0373. The van der Waals surface area contributed by atoms with Gasteiger partial charge in [0.25, 0.3) is 11.8 Å². The highest BCUT2D eigenvalue weighted by molar-refractivity contribution is 8.01. The molecule has 1 aromatic rings. The maximum absolute atomic E-state index is 12.4. The maximum Gasteiger partial charge on any atom is 0.330 e. The number of nitrogens with zero attached hydrogens (tertiary/aromatic N) is 1. The molecule has 2 aliphatic rings. The molecule has 2 atom stereocenters. The third-order valence-electron chi connectivity index (χ3n) is 5.33. The predicted octanol–water partition coefficient (Wildman–Crippen LogP) is 2.24. The summed E-state index contributed by atoms with van der Waals surface area (Å²) in [5.41, 5.74) is 1.39. The lowest BCUT2D eigenvalue weighted by Gasteiger charge is -2.29. The summed E-state index contributed by atoms with van der Waals surface area (Å²) in [4.78, 5) is 49.9. The predicted molar refractivity (Wildman–Crippen MR) is 109 cm³/mol. The van der Waals surface area contributed by atoms with Crippen molar-refractivity contribution in [3.8, 4) is 0 Å². The van der Waals surface area contributed by atoms with Crippen LogP contribution in [0.2, 0.25) is 0 Å². The third-order valence-corrected chi connectivity index (χ3v) is 6.83. The van der Waals surface area contributed by atoms with E-state index in [1.165, 1.54) is 0 Å². The first kappa shape index (κ1) is 21.4. The fourth-order valence-electron chi connectivity index (χ4n) is 3.58. The zero-order valence-electron chi connectivity index (χ0n) is 17.1. The standard InChI is InChI=1S/C21H26N2O5S/c1-20(2,3)14-7-5-13(6-8-14)18(26)22-16(24)11-28-19(27)15-12-29-21(4)10-9-17(25)23(15)21/h5-8,15H,9-12H2,1-4H3,(H,22,24,26)/t15-,21+/m0/s1. The average molecular weight is 419 g/mol. The Labute approximate surface area is 174 Å². The molecule has 3 amide bonds. The summed E-state index contributed by atoms with van der Waals surface area (Å²) in [5.74, 6) is -1.50. The fraction of sp³-hybridized carbons (Fsp3) is 0.524. The Hall–Kier alpha value is -2.35. The summed E-state index contributed by atoms with van der Waals surface area (Å²) in [6.45, 7) is 7.58. The number of fused-ring (bicyclic) bond motifs is 1. The van der Waals surface area contributed by atoms with Gasteiger partial charge in [-0.3, -0.25) is 19.7 Å². The van der Waals surface area contributed by atoms with E-state index >= 15 is 0 Å². The van der Waals surface area contributed by atoms with Gasteiger partial charge in [0.2, 0.25) is 5.91 Å². The molecule has 156 valence electrons. The van der Waals surface area contributed by atoms with E-state index in [4.69, 9.17) is 4.74 Å². The first-order valence-electron chi connectivity index (χ1n) is 9.59. The molecule has 8 heteroatoms. The molecule has 2 saturated heterocycles. The first-order chi connectivity index (χ1) is 13.5. The Bertz CT molecular complexity index is 846. The van der Waals surface area contributed by atoms with Gasteiger partial charge in [-0.15, -0.1) is 11.8 Å². The van der Waals surface area contributed by atoms with Crippen molar-refractivity contribution in [2.75, 3.05) is 12.4 Å². The highest BCUT2D eigenvalue weighted by atomic mass is 32.2. The van der Waals surface area contributed by atoms with Crippen LogP contribution in [0.1, 0.15) is 56.5 Å². The van der Waals surface area contributed by atoms with Crippen LogP contribution in [-0.2, 0) is 24.5 Å². The molecule has 1 aromatic carbocycles. The van der Waals surface area contributed by atoms with Crippen molar-refractivity contribution in [3.63, 3.8) is 0 Å². The topological polar surface area (TPSA) is 92.8 Å². The van der Waals surface area contributed by atoms with Crippen LogP contribution in [0.5, 0.6) is 0 Å². The summed E-state index contributed by atoms with van der Waals surface area (Å²) in [6.07, 6.45) is 1.11. The zero-order chi connectivity index (χ0) is 21.4. The van der Waals surface area contributed by atoms with Crippen molar-refractivity contribution in [3.05, 3.63) is 35.4 Å². The van der Waals surface area contributed by atoms with Crippen molar-refractivity contribution in [1.82, 2.24) is 10.2 Å². The highest BCUT2D eigenvalue weighted by Crippen LogP contribution is 2.47. The van der Waals surface area contributed by atoms with Gasteiger partial charge < -0.3 is 9.64 Å². The number of carbonyl (C=O) groups excluding carboxylic acids is 4. The molecule has 2 heterocycles. The van der Waals surface area contributed by atoms with Gasteiger partial charge in [0.1, 0.15) is 6.04 Å². The molecule has 2 fully saturated rings. The van der Waals surface area contributed by atoms with Crippen LogP contribution in [0.4, 0.5) is 0 Å². The van der Waals surface area contributed by atoms with Crippen LogP contribution >= 0.6 is 11.8 Å². The van der Waals surface area contributed by atoms with E-state index in [9.17, 15) is 19.2 Å². The van der Waals surface area contributed by atoms with Gasteiger partial charge >= 0.3 is 5.97 Å². The number of imide groups is 1. The average Bonchev–Trinajstić information content (AvgIpc) is 3.15. The number of benzene rings is 1. The van der Waals surface area contributed by atoms with E-state index in [1.807, 2.05) is 19.1 Å². The fourth-order valence-corrected chi connectivity index (χ4v) is 5.00. The van der Waals surface area contributed by atoms with Crippen molar-refractivity contribution < 1.29 is 23.9 Å². The molecule has 0 radical (unpaired) electrons. The number of carbonyl (C=O) groups is 4. The summed E-state index contributed by atoms with van der Waals surface area (Å²) in [7, 11) is 0. The van der Waals surface area contributed by atoms with E-state index in [0.717, 1.165) is 5.56 Å². The van der Waals surface area contributed by atoms with Crippen molar-refractivity contribution in [1.29, 1.82) is 0 Å². The second-order valence-electron chi connectivity index (χ2n) is 8.58. The normalized spacial score (nSPS) is 23.7. The molecule has 3 rings (SSSR count). The molecule has 29 heavy (non-hydrogen) atoms. The molecule has 0 unspecified atom stereocenters. The molecule has 0 spiro atoms. The largest absolute Gasteiger partial charge is 0.454 e. The van der Waals surface area contributed by atoms with Gasteiger partial charge in [-0.2, -0.15) is 0 Å². The van der Waals surface area contributed by atoms with Crippen LogP contribution in [0.25, 0.3) is 0 Å². The molecule has 0 aromatic heterocycles. The highest BCUT2D eigenvalue weighted by Gasteiger charge is 2.53. The van der Waals surface area contributed by atoms with Gasteiger partial charge in [0, 0.05) is 17.7 Å². The van der Waals surface area contributed by atoms with Gasteiger partial charge in [0.15, 0.2) is 6.61 Å². The number of thioether (sulfide) groups is 1. The number of rotatable bonds is 4. The maximum atomic E-state index is 12.4. The monoisotopic (exact) mass is 418 g/mol. The number of hydrogen-bond acceptors (Lipinski definition) is 6. The van der Waals surface area contributed by atoms with Crippen molar-refractivity contribution in [2.45, 2.75) is 56.9 Å². The number of amides is 3. The van der Waals surface area contributed by atoms with Crippen LogP contribution in [0.15, 0.2) is 24.3 Å². The third kappa shape index (κ3) is 4.47. The van der Waals surface area contributed by atoms with E-state index in [-0.39, 0.29) is 16.2 Å².